The van der Waals surface area contributed by atoms with Crippen molar-refractivity contribution in [3.8, 4) is 0 Å². The van der Waals surface area contributed by atoms with Crippen LogP contribution in [0.25, 0.3) is 0 Å². The molecule has 1 heterocycles. The van der Waals surface area contributed by atoms with E-state index in [0.29, 0.717) is 19.4 Å². The van der Waals surface area contributed by atoms with E-state index in [1.165, 1.54) is 18.3 Å². The number of hydrogen-bond acceptors (Lipinski definition) is 5. The number of aliphatic carboxylic acids is 1. The summed E-state index contributed by atoms with van der Waals surface area (Å²) in [5.41, 5.74) is 5.58. The largest absolute Gasteiger partial charge is 0.480 e. The average molecular weight is 320 g/mol. The van der Waals surface area contributed by atoms with Gasteiger partial charge in [-0.15, -0.1) is 0 Å². The highest BCUT2D eigenvalue weighted by molar-refractivity contribution is 5.95. The number of hydrogen-bond donors (Lipinski definition) is 3. The van der Waals surface area contributed by atoms with Gasteiger partial charge in [0.1, 0.15) is 5.69 Å². The van der Waals surface area contributed by atoms with E-state index in [2.05, 4.69) is 10.3 Å². The van der Waals surface area contributed by atoms with Crippen LogP contribution in [0.1, 0.15) is 40.6 Å². The van der Waals surface area contributed by atoms with Crippen molar-refractivity contribution in [1.82, 2.24) is 15.2 Å². The molecule has 2 amide bonds. The molecular weight excluding hydrogens is 300 g/mol. The number of nitrogens with one attached hydrogen (secondary N) is 1. The van der Waals surface area contributed by atoms with Gasteiger partial charge in [-0.2, -0.15) is 0 Å². The van der Waals surface area contributed by atoms with E-state index in [9.17, 15) is 14.4 Å². The number of likely N-dealkylation sites (N-methyl/N-ethyl adjacent to an activating group) is 1. The smallest absolute Gasteiger partial charge is 0.317 e. The van der Waals surface area contributed by atoms with Gasteiger partial charge in [-0.05, 0) is 31.5 Å². The summed E-state index contributed by atoms with van der Waals surface area (Å²) >= 11 is 0. The van der Waals surface area contributed by atoms with Crippen molar-refractivity contribution >= 4 is 17.8 Å². The summed E-state index contributed by atoms with van der Waals surface area (Å²) < 4.78 is 0. The third kappa shape index (κ3) is 4.26. The van der Waals surface area contributed by atoms with E-state index in [-0.39, 0.29) is 35.8 Å². The lowest BCUT2D eigenvalue weighted by molar-refractivity contribution is -0.139. The SMILES string of the molecule is CCN(CC(=O)O)C1CC(NC(=O)c2ccc(C(N)=O)cn2)C1. The van der Waals surface area contributed by atoms with Crippen LogP contribution in [0.2, 0.25) is 0 Å². The van der Waals surface area contributed by atoms with Gasteiger partial charge in [-0.25, -0.2) is 0 Å². The maximum atomic E-state index is 12.1. The Kier molecular flexibility index (Phi) is 5.28. The summed E-state index contributed by atoms with van der Waals surface area (Å²) in [6, 6.07) is 3.09. The number of rotatable bonds is 7. The van der Waals surface area contributed by atoms with Crippen LogP contribution >= 0.6 is 0 Å². The zero-order valence-electron chi connectivity index (χ0n) is 12.9. The molecule has 8 heteroatoms. The number of carboxylic acids is 1. The van der Waals surface area contributed by atoms with Crippen LogP contribution in [-0.4, -0.2) is 57.9 Å². The van der Waals surface area contributed by atoms with Crippen LogP contribution in [-0.2, 0) is 4.79 Å². The molecule has 0 saturated heterocycles. The molecule has 23 heavy (non-hydrogen) atoms. The molecule has 124 valence electrons. The Labute approximate surface area is 133 Å². The number of carboxylic acid groups (broad SMARTS) is 1. The number of amides is 2. The van der Waals surface area contributed by atoms with Gasteiger partial charge in [-0.3, -0.25) is 24.3 Å². The second-order valence-electron chi connectivity index (χ2n) is 5.55. The Hall–Kier alpha value is -2.48. The number of nitrogens with zero attached hydrogens (tertiary/aromatic N) is 2. The molecule has 1 aromatic heterocycles. The van der Waals surface area contributed by atoms with Crippen molar-refractivity contribution in [1.29, 1.82) is 0 Å². The minimum atomic E-state index is -0.849. The van der Waals surface area contributed by atoms with E-state index >= 15 is 0 Å². The minimum absolute atomic E-state index is 0.00737. The van der Waals surface area contributed by atoms with Gasteiger partial charge in [0.25, 0.3) is 5.91 Å². The molecule has 8 nitrogen and oxygen atoms in total. The number of primary amides is 1. The zero-order chi connectivity index (χ0) is 17.0. The summed E-state index contributed by atoms with van der Waals surface area (Å²) in [6.07, 6.45) is 2.70. The molecule has 1 fully saturated rings. The van der Waals surface area contributed by atoms with Crippen LogP contribution in [0.3, 0.4) is 0 Å². The van der Waals surface area contributed by atoms with E-state index in [0.717, 1.165) is 0 Å². The highest BCUT2D eigenvalue weighted by Gasteiger charge is 2.34. The third-order valence-corrected chi connectivity index (χ3v) is 3.99. The van der Waals surface area contributed by atoms with Crippen molar-refractivity contribution < 1.29 is 19.5 Å². The van der Waals surface area contributed by atoms with Gasteiger partial charge in [0.2, 0.25) is 5.91 Å². The van der Waals surface area contributed by atoms with E-state index in [4.69, 9.17) is 10.8 Å². The Morgan fingerprint density at radius 3 is 2.57 bits per heavy atom. The molecule has 4 N–H and O–H groups in total. The molecular formula is C15H20N4O4. The zero-order valence-corrected chi connectivity index (χ0v) is 12.9. The molecule has 0 bridgehead atoms. The fourth-order valence-electron chi connectivity index (χ4n) is 2.61. The van der Waals surface area contributed by atoms with E-state index in [1.807, 2.05) is 11.8 Å². The predicted octanol–water partition coefficient (Wildman–Crippen LogP) is -0.152. The number of pyridine rings is 1. The number of nitrogens with two attached hydrogens (primary N) is 1. The van der Waals surface area contributed by atoms with Crippen LogP contribution < -0.4 is 11.1 Å². The van der Waals surface area contributed by atoms with Gasteiger partial charge >= 0.3 is 5.97 Å². The quantitative estimate of drug-likeness (QED) is 0.641. The van der Waals surface area contributed by atoms with E-state index < -0.39 is 11.9 Å². The van der Waals surface area contributed by atoms with Gasteiger partial charge in [0, 0.05) is 18.3 Å². The van der Waals surface area contributed by atoms with Crippen molar-refractivity contribution in [2.24, 2.45) is 5.73 Å². The van der Waals surface area contributed by atoms with Crippen LogP contribution in [0.5, 0.6) is 0 Å². The van der Waals surface area contributed by atoms with Gasteiger partial charge in [0.05, 0.1) is 12.1 Å². The lowest BCUT2D eigenvalue weighted by Crippen LogP contribution is -2.54. The fraction of sp³-hybridized carbons (Fsp3) is 0.467. The minimum Gasteiger partial charge on any atom is -0.480 e. The number of carbonyl (C=O) groups excluding carboxylic acids is 2. The average Bonchev–Trinajstić information content (AvgIpc) is 2.48. The standard InChI is InChI=1S/C15H20N4O4/c1-2-19(8-13(20)21)11-5-10(6-11)18-15(23)12-4-3-9(7-17-12)14(16)22/h3-4,7,10-11H,2,5-6,8H2,1H3,(H2,16,22)(H,18,23)(H,20,21). The van der Waals surface area contributed by atoms with Crippen LogP contribution in [0.4, 0.5) is 0 Å². The molecule has 0 radical (unpaired) electrons. The highest BCUT2D eigenvalue weighted by Crippen LogP contribution is 2.25. The number of carbonyl (C=O) groups is 3. The summed E-state index contributed by atoms with van der Waals surface area (Å²) in [7, 11) is 0. The highest BCUT2D eigenvalue weighted by atomic mass is 16.4. The molecule has 0 aliphatic heterocycles. The molecule has 0 atom stereocenters. The van der Waals surface area contributed by atoms with Gasteiger partial charge in [-0.1, -0.05) is 6.92 Å². The Bertz CT molecular complexity index is 596. The third-order valence-electron chi connectivity index (χ3n) is 3.99. The summed E-state index contributed by atoms with van der Waals surface area (Å²) in [5, 5.41) is 11.7. The van der Waals surface area contributed by atoms with Gasteiger partial charge < -0.3 is 16.2 Å². The molecule has 0 unspecified atom stereocenters. The molecule has 1 aliphatic rings. The van der Waals surface area contributed by atoms with Crippen molar-refractivity contribution in [3.05, 3.63) is 29.6 Å². The fourth-order valence-corrected chi connectivity index (χ4v) is 2.61. The molecule has 0 aromatic carbocycles. The first-order valence-electron chi connectivity index (χ1n) is 7.43. The second-order valence-corrected chi connectivity index (χ2v) is 5.55. The molecule has 1 aliphatic carbocycles. The maximum Gasteiger partial charge on any atom is 0.317 e. The van der Waals surface area contributed by atoms with Crippen molar-refractivity contribution in [3.63, 3.8) is 0 Å². The molecule has 1 aromatic rings. The lowest BCUT2D eigenvalue weighted by atomic mass is 9.85. The summed E-state index contributed by atoms with van der Waals surface area (Å²) in [5.74, 6) is -1.76. The molecule has 1 saturated carbocycles. The normalized spacial score (nSPS) is 19.9. The molecule has 2 rings (SSSR count). The topological polar surface area (TPSA) is 126 Å². The lowest BCUT2D eigenvalue weighted by Gasteiger charge is -2.42. The summed E-state index contributed by atoms with van der Waals surface area (Å²) in [6.45, 7) is 2.59. The van der Waals surface area contributed by atoms with Crippen molar-refractivity contribution in [2.45, 2.75) is 31.8 Å². The first-order chi connectivity index (χ1) is 10.9. The van der Waals surface area contributed by atoms with Gasteiger partial charge in [0.15, 0.2) is 0 Å². The summed E-state index contributed by atoms with van der Waals surface area (Å²) in [4.78, 5) is 39.6. The van der Waals surface area contributed by atoms with Crippen molar-refractivity contribution in [2.75, 3.05) is 13.1 Å². The first kappa shape index (κ1) is 16.9. The predicted molar refractivity (Wildman–Crippen MR) is 81.9 cm³/mol. The van der Waals surface area contributed by atoms with E-state index in [1.54, 1.807) is 0 Å². The number of aromatic nitrogens is 1. The second kappa shape index (κ2) is 7.19. The molecule has 0 spiro atoms. The monoisotopic (exact) mass is 320 g/mol. The Morgan fingerprint density at radius 1 is 1.39 bits per heavy atom. The maximum absolute atomic E-state index is 12.1. The van der Waals surface area contributed by atoms with Crippen LogP contribution in [0.15, 0.2) is 18.3 Å². The van der Waals surface area contributed by atoms with Crippen LogP contribution in [0, 0.1) is 0 Å². The Balaban J connectivity index is 1.84. The first-order valence-corrected chi connectivity index (χ1v) is 7.43. The Morgan fingerprint density at radius 2 is 2.09 bits per heavy atom.